The van der Waals surface area contributed by atoms with Gasteiger partial charge in [-0.15, -0.1) is 0 Å². The molecule has 0 aromatic carbocycles. The van der Waals surface area contributed by atoms with Gasteiger partial charge in [0.1, 0.15) is 0 Å². The van der Waals surface area contributed by atoms with Crippen molar-refractivity contribution < 1.29 is 4.74 Å². The molecule has 3 saturated carbocycles. The highest BCUT2D eigenvalue weighted by Gasteiger charge is 2.56. The van der Waals surface area contributed by atoms with Crippen LogP contribution in [0.3, 0.4) is 0 Å². The molecule has 3 rings (SSSR count). The third-order valence-electron chi connectivity index (χ3n) is 4.52. The summed E-state index contributed by atoms with van der Waals surface area (Å²) in [5, 5.41) is 0. The van der Waals surface area contributed by atoms with E-state index in [1.54, 1.807) is 0 Å². The van der Waals surface area contributed by atoms with Crippen LogP contribution in [-0.4, -0.2) is 12.7 Å². The molecule has 0 aromatic rings. The van der Waals surface area contributed by atoms with E-state index in [9.17, 15) is 0 Å². The smallest absolute Gasteiger partial charge is 0.0656 e. The second-order valence-electron chi connectivity index (χ2n) is 5.51. The van der Waals surface area contributed by atoms with Gasteiger partial charge in [0.15, 0.2) is 0 Å². The molecule has 0 amide bonds. The summed E-state index contributed by atoms with van der Waals surface area (Å²) >= 11 is 0. The van der Waals surface area contributed by atoms with E-state index in [-0.39, 0.29) is 5.60 Å². The highest BCUT2D eigenvalue weighted by atomic mass is 16.5. The molecule has 70 valence electrons. The molecule has 3 aliphatic rings. The zero-order valence-electron chi connectivity index (χ0n) is 8.68. The molecule has 1 heteroatoms. The topological polar surface area (TPSA) is 9.23 Å². The van der Waals surface area contributed by atoms with Crippen LogP contribution in [0.15, 0.2) is 0 Å². The Morgan fingerprint density at radius 1 is 1.08 bits per heavy atom. The first-order valence-electron chi connectivity index (χ1n) is 5.03. The zero-order chi connectivity index (χ0) is 8.98. The fourth-order valence-corrected chi connectivity index (χ4v) is 3.11. The molecule has 3 fully saturated rings. The van der Waals surface area contributed by atoms with Crippen LogP contribution in [0.1, 0.15) is 40.0 Å². The summed E-state index contributed by atoms with van der Waals surface area (Å²) in [4.78, 5) is 0. The molecule has 0 radical (unpaired) electrons. The molecule has 1 nitrogen and oxygen atoms in total. The standard InChI is InChI=1S/C11H20O/c1-10(2)8-5-9(10)7-11(3,6-8)12-4/h8-9H,5-7H2,1-4H3. The summed E-state index contributed by atoms with van der Waals surface area (Å²) in [6.45, 7) is 7.10. The Morgan fingerprint density at radius 2 is 1.58 bits per heavy atom. The Hall–Kier alpha value is -0.0400. The predicted molar refractivity (Wildman–Crippen MR) is 50.0 cm³/mol. The molecule has 0 aliphatic heterocycles. The lowest BCUT2D eigenvalue weighted by atomic mass is 9.46. The van der Waals surface area contributed by atoms with Gasteiger partial charge in [0, 0.05) is 7.11 Å². The van der Waals surface area contributed by atoms with Gasteiger partial charge in [-0.1, -0.05) is 13.8 Å². The minimum atomic E-state index is 0.198. The van der Waals surface area contributed by atoms with Crippen LogP contribution < -0.4 is 0 Å². The molecule has 0 heterocycles. The summed E-state index contributed by atoms with van der Waals surface area (Å²) in [5.74, 6) is 1.84. The van der Waals surface area contributed by atoms with Crippen LogP contribution in [0.25, 0.3) is 0 Å². The monoisotopic (exact) mass is 168 g/mol. The van der Waals surface area contributed by atoms with Crippen LogP contribution in [0.4, 0.5) is 0 Å². The quantitative estimate of drug-likeness (QED) is 0.585. The lowest BCUT2D eigenvalue weighted by Gasteiger charge is -2.61. The van der Waals surface area contributed by atoms with E-state index in [0.29, 0.717) is 5.41 Å². The number of hydrogen-bond acceptors (Lipinski definition) is 1. The molecule has 0 saturated heterocycles. The number of fused-ring (bicyclic) bond motifs is 2. The van der Waals surface area contributed by atoms with E-state index in [4.69, 9.17) is 4.74 Å². The van der Waals surface area contributed by atoms with Gasteiger partial charge in [0.25, 0.3) is 0 Å². The number of ether oxygens (including phenoxy) is 1. The Morgan fingerprint density at radius 3 is 1.92 bits per heavy atom. The SMILES string of the molecule is COC1(C)CC2CC(C1)C2(C)C. The van der Waals surface area contributed by atoms with Crippen molar-refractivity contribution in [2.75, 3.05) is 7.11 Å². The van der Waals surface area contributed by atoms with Crippen molar-refractivity contribution in [2.24, 2.45) is 17.3 Å². The van der Waals surface area contributed by atoms with Crippen LogP contribution in [-0.2, 0) is 4.74 Å². The van der Waals surface area contributed by atoms with Crippen molar-refractivity contribution in [2.45, 2.75) is 45.6 Å². The fourth-order valence-electron chi connectivity index (χ4n) is 3.11. The van der Waals surface area contributed by atoms with Crippen molar-refractivity contribution >= 4 is 0 Å². The van der Waals surface area contributed by atoms with Crippen LogP contribution in [0.5, 0.6) is 0 Å². The molecule has 2 unspecified atom stereocenters. The molecule has 0 spiro atoms. The van der Waals surface area contributed by atoms with Gasteiger partial charge < -0.3 is 4.74 Å². The second kappa shape index (κ2) is 2.25. The number of rotatable bonds is 1. The maximum Gasteiger partial charge on any atom is 0.0656 e. The minimum Gasteiger partial charge on any atom is -0.379 e. The lowest BCUT2D eigenvalue weighted by Crippen LogP contribution is -2.56. The van der Waals surface area contributed by atoms with Gasteiger partial charge in [-0.2, -0.15) is 0 Å². The summed E-state index contributed by atoms with van der Waals surface area (Å²) in [7, 11) is 1.86. The molecular formula is C11H20O. The van der Waals surface area contributed by atoms with Crippen molar-refractivity contribution in [1.29, 1.82) is 0 Å². The van der Waals surface area contributed by atoms with Gasteiger partial charge in [-0.05, 0) is 43.4 Å². The number of hydrogen-bond donors (Lipinski definition) is 0. The summed E-state index contributed by atoms with van der Waals surface area (Å²) in [6, 6.07) is 0. The molecule has 3 aliphatic carbocycles. The van der Waals surface area contributed by atoms with Crippen LogP contribution >= 0.6 is 0 Å². The van der Waals surface area contributed by atoms with Crippen molar-refractivity contribution in [3.05, 3.63) is 0 Å². The predicted octanol–water partition coefficient (Wildman–Crippen LogP) is 2.85. The molecule has 0 N–H and O–H groups in total. The molecular weight excluding hydrogens is 148 g/mol. The normalized spacial score (nSPS) is 50.0. The highest BCUT2D eigenvalue weighted by Crippen LogP contribution is 2.62. The Labute approximate surface area is 75.5 Å². The third-order valence-corrected chi connectivity index (χ3v) is 4.52. The van der Waals surface area contributed by atoms with Crippen LogP contribution in [0, 0.1) is 17.3 Å². The number of methoxy groups -OCH3 is 1. The minimum absolute atomic E-state index is 0.198. The maximum absolute atomic E-state index is 5.57. The largest absolute Gasteiger partial charge is 0.379 e. The second-order valence-corrected chi connectivity index (χ2v) is 5.51. The lowest BCUT2D eigenvalue weighted by molar-refractivity contribution is -0.170. The van der Waals surface area contributed by atoms with E-state index < -0.39 is 0 Å². The Kier molecular flexibility index (Phi) is 1.61. The average Bonchev–Trinajstić information content (AvgIpc) is 2.04. The summed E-state index contributed by atoms with van der Waals surface area (Å²) in [5.41, 5.74) is 0.807. The molecule has 2 atom stereocenters. The summed E-state index contributed by atoms with van der Waals surface area (Å²) < 4.78 is 5.57. The van der Waals surface area contributed by atoms with E-state index in [0.717, 1.165) is 11.8 Å². The van der Waals surface area contributed by atoms with E-state index in [1.807, 2.05) is 7.11 Å². The maximum atomic E-state index is 5.57. The summed E-state index contributed by atoms with van der Waals surface area (Å²) in [6.07, 6.45) is 3.99. The van der Waals surface area contributed by atoms with Crippen molar-refractivity contribution in [3.63, 3.8) is 0 Å². The Balaban J connectivity index is 2.10. The zero-order valence-corrected chi connectivity index (χ0v) is 8.68. The molecule has 2 bridgehead atoms. The van der Waals surface area contributed by atoms with Gasteiger partial charge >= 0.3 is 0 Å². The first-order valence-corrected chi connectivity index (χ1v) is 5.03. The van der Waals surface area contributed by atoms with E-state index in [2.05, 4.69) is 20.8 Å². The first-order chi connectivity index (χ1) is 5.48. The first kappa shape index (κ1) is 8.55. The van der Waals surface area contributed by atoms with E-state index in [1.165, 1.54) is 19.3 Å². The fraction of sp³-hybridized carbons (Fsp3) is 1.00. The van der Waals surface area contributed by atoms with Crippen molar-refractivity contribution in [1.82, 2.24) is 0 Å². The van der Waals surface area contributed by atoms with Gasteiger partial charge in [-0.25, -0.2) is 0 Å². The third kappa shape index (κ3) is 0.953. The highest BCUT2D eigenvalue weighted by molar-refractivity contribution is 5.06. The van der Waals surface area contributed by atoms with Gasteiger partial charge in [0.2, 0.25) is 0 Å². The van der Waals surface area contributed by atoms with Crippen LogP contribution in [0.2, 0.25) is 0 Å². The van der Waals surface area contributed by atoms with Crippen molar-refractivity contribution in [3.8, 4) is 0 Å². The molecule has 12 heavy (non-hydrogen) atoms. The average molecular weight is 168 g/mol. The van der Waals surface area contributed by atoms with Gasteiger partial charge in [0.05, 0.1) is 5.60 Å². The Bertz CT molecular complexity index is 181. The molecule has 0 aromatic heterocycles. The van der Waals surface area contributed by atoms with E-state index >= 15 is 0 Å². The van der Waals surface area contributed by atoms with Gasteiger partial charge in [-0.3, -0.25) is 0 Å².